The van der Waals surface area contributed by atoms with Gasteiger partial charge in [0, 0.05) is 0 Å². The van der Waals surface area contributed by atoms with Gasteiger partial charge in [-0.05, 0) is 0 Å². The fourth-order valence-electron chi connectivity index (χ4n) is 3.13. The van der Waals surface area contributed by atoms with E-state index in [1.807, 2.05) is 29.8 Å². The molecule has 4 nitrogen and oxygen atoms in total. The second-order valence-corrected chi connectivity index (χ2v) is 10.5. The number of alkyl halides is 3. The number of nitrogens with one attached hydrogen (secondary N) is 1. The molecule has 0 spiro atoms. The number of fused-ring (bicyclic) bond motifs is 1. The van der Waals surface area contributed by atoms with E-state index in [4.69, 9.17) is 4.74 Å². The van der Waals surface area contributed by atoms with Gasteiger partial charge in [0.1, 0.15) is 0 Å². The molecule has 2 aromatic carbocycles. The van der Waals surface area contributed by atoms with Crippen molar-refractivity contribution in [3.8, 4) is 5.75 Å². The molecule has 2 atom stereocenters. The van der Waals surface area contributed by atoms with Crippen LogP contribution < -0.4 is 13.9 Å². The normalized spacial score (nSPS) is 19.7. The van der Waals surface area contributed by atoms with E-state index in [2.05, 4.69) is 0 Å². The van der Waals surface area contributed by atoms with E-state index in [9.17, 15) is 21.6 Å². The molecule has 1 N–H and O–H groups in total. The van der Waals surface area contributed by atoms with Crippen molar-refractivity contribution in [3.63, 3.8) is 0 Å². The van der Waals surface area contributed by atoms with E-state index < -0.39 is 21.6 Å². The molecule has 0 aromatic heterocycles. The number of rotatable bonds is 5. The van der Waals surface area contributed by atoms with E-state index in [0.717, 1.165) is 15.6 Å². The van der Waals surface area contributed by atoms with Crippen molar-refractivity contribution in [2.24, 2.45) is 0 Å². The summed E-state index contributed by atoms with van der Waals surface area (Å²) in [5.41, 5.74) is -2.90. The molecule has 9 heteroatoms. The summed E-state index contributed by atoms with van der Waals surface area (Å²) in [6.07, 6.45) is 0.513. The van der Waals surface area contributed by atoms with E-state index in [1.165, 1.54) is 0 Å². The van der Waals surface area contributed by atoms with Crippen LogP contribution in [-0.2, 0) is 16.4 Å². The quantitative estimate of drug-likeness (QED) is 0.693. The predicted octanol–water partition coefficient (Wildman–Crippen LogP) is 2.86. The van der Waals surface area contributed by atoms with Crippen LogP contribution in [0.4, 0.5) is 13.2 Å². The van der Waals surface area contributed by atoms with Crippen molar-refractivity contribution >= 4 is 29.4 Å². The van der Waals surface area contributed by atoms with Gasteiger partial charge in [0.2, 0.25) is 0 Å². The van der Waals surface area contributed by atoms with Crippen LogP contribution in [0.15, 0.2) is 42.5 Å². The summed E-state index contributed by atoms with van der Waals surface area (Å²) in [4.78, 5) is -0.290. The van der Waals surface area contributed by atoms with Crippen molar-refractivity contribution in [2.75, 3.05) is 7.11 Å². The molecule has 3 rings (SSSR count). The van der Waals surface area contributed by atoms with E-state index >= 15 is 0 Å². The van der Waals surface area contributed by atoms with Crippen LogP contribution in [0.2, 0.25) is 4.82 Å². The van der Waals surface area contributed by atoms with E-state index in [1.54, 1.807) is 31.4 Å². The minimum absolute atomic E-state index is 0.290. The van der Waals surface area contributed by atoms with Gasteiger partial charge in [-0.2, -0.15) is 0 Å². The first-order valence-electron chi connectivity index (χ1n) is 8.10. The topological polar surface area (TPSA) is 55.4 Å². The van der Waals surface area contributed by atoms with Gasteiger partial charge in [0.05, 0.1) is 0 Å². The van der Waals surface area contributed by atoms with Crippen LogP contribution >= 0.6 is 0 Å². The maximum absolute atomic E-state index is 12.9. The molecule has 0 saturated carbocycles. The van der Waals surface area contributed by atoms with Gasteiger partial charge >= 0.3 is 162 Å². The van der Waals surface area contributed by atoms with Crippen LogP contribution in [0, 0.1) is 6.92 Å². The van der Waals surface area contributed by atoms with E-state index in [-0.39, 0.29) is 19.8 Å². The number of methoxy groups -OCH3 is 1. The van der Waals surface area contributed by atoms with Crippen LogP contribution in [0.1, 0.15) is 22.7 Å². The summed E-state index contributed by atoms with van der Waals surface area (Å²) >= 11 is -0.297. The Labute approximate surface area is 162 Å². The molecule has 0 fully saturated rings. The molecule has 0 saturated heterocycles. The molecule has 0 radical (unpaired) electrons. The molecule has 0 bridgehead atoms. The molecule has 146 valence electrons. The van der Waals surface area contributed by atoms with Gasteiger partial charge in [0.15, 0.2) is 0 Å². The molecule has 0 amide bonds. The zero-order valence-electron chi connectivity index (χ0n) is 14.6. The fourth-order valence-corrected chi connectivity index (χ4v) is 7.10. The van der Waals surface area contributed by atoms with Crippen molar-refractivity contribution in [1.82, 2.24) is 4.72 Å². The first-order valence-corrected chi connectivity index (χ1v) is 11.4. The monoisotopic (exact) mass is 465 g/mol. The number of sulfonamides is 1. The van der Waals surface area contributed by atoms with Crippen molar-refractivity contribution < 1.29 is 26.3 Å². The number of aryl methyl sites for hydroxylation is 1. The summed E-state index contributed by atoms with van der Waals surface area (Å²) in [6, 6.07) is 11.7. The number of hydrogen-bond acceptors (Lipinski definition) is 3. The Kier molecular flexibility index (Phi) is 5.59. The number of ether oxygens (including phenoxy) is 1. The summed E-state index contributed by atoms with van der Waals surface area (Å²) in [7, 11) is -3.90. The number of hydrogen-bond donors (Lipinski definition) is 1. The molecule has 2 aromatic rings. The van der Waals surface area contributed by atoms with Gasteiger partial charge in [-0.25, -0.2) is 0 Å². The van der Waals surface area contributed by atoms with Gasteiger partial charge in [-0.15, -0.1) is 0 Å². The third-order valence-corrected chi connectivity index (χ3v) is 8.76. The Hall–Kier alpha value is -1.54. The third kappa shape index (κ3) is 4.01. The molecule has 1 aliphatic rings. The van der Waals surface area contributed by atoms with Crippen LogP contribution in [-0.4, -0.2) is 36.0 Å². The predicted molar refractivity (Wildman–Crippen MR) is 97.9 cm³/mol. The maximum atomic E-state index is 12.9. The van der Waals surface area contributed by atoms with Gasteiger partial charge < -0.3 is 0 Å². The number of benzene rings is 2. The van der Waals surface area contributed by atoms with Crippen LogP contribution in [0.3, 0.4) is 0 Å². The third-order valence-electron chi connectivity index (χ3n) is 4.43. The summed E-state index contributed by atoms with van der Waals surface area (Å²) in [6.45, 7) is 1.91. The Morgan fingerprint density at radius 2 is 1.85 bits per heavy atom. The van der Waals surface area contributed by atoms with E-state index in [0.29, 0.717) is 17.7 Å². The standard InChI is InChI=1S/C18H18F3NO3SSe/c1-11-6-5-9-14(25-2)17(11)27-15-10-12-7-3-4-8-13(12)16(15)22-26(23,24)18(19,20)21/h3-9,15-16,22H,10H2,1-2H3/t15-,16-/m0/s1. The first-order chi connectivity index (χ1) is 12.6. The zero-order chi connectivity index (χ0) is 19.8. The van der Waals surface area contributed by atoms with Crippen molar-refractivity contribution in [2.45, 2.75) is 29.7 Å². The van der Waals surface area contributed by atoms with Gasteiger partial charge in [-0.3, -0.25) is 0 Å². The second kappa shape index (κ2) is 7.47. The average molecular weight is 464 g/mol. The van der Waals surface area contributed by atoms with Gasteiger partial charge in [-0.1, -0.05) is 0 Å². The summed E-state index contributed by atoms with van der Waals surface area (Å²) in [5.74, 6) is 0.670. The molecular formula is C18H18F3NO3SSe. The Bertz CT molecular complexity index is 947. The Morgan fingerprint density at radius 1 is 1.15 bits per heavy atom. The van der Waals surface area contributed by atoms with Crippen molar-refractivity contribution in [1.29, 1.82) is 0 Å². The average Bonchev–Trinajstić information content (AvgIpc) is 2.93. The first kappa shape index (κ1) is 20.2. The molecule has 0 aliphatic heterocycles. The SMILES string of the molecule is COc1cccc(C)c1[Se][C@H]1Cc2ccccc2[C@@H]1NS(=O)(=O)C(F)(F)F. The Morgan fingerprint density at radius 3 is 2.52 bits per heavy atom. The van der Waals surface area contributed by atoms with Crippen LogP contribution in [0.5, 0.6) is 5.75 Å². The van der Waals surface area contributed by atoms with Crippen LogP contribution in [0.25, 0.3) is 0 Å². The summed E-state index contributed by atoms with van der Waals surface area (Å²) in [5, 5.41) is 0. The molecule has 1 aliphatic carbocycles. The molecule has 0 unspecified atom stereocenters. The minimum atomic E-state index is -5.45. The zero-order valence-corrected chi connectivity index (χ0v) is 17.1. The molecular weight excluding hydrogens is 446 g/mol. The second-order valence-electron chi connectivity index (χ2n) is 6.21. The number of halogens is 3. The molecule has 0 heterocycles. The Balaban J connectivity index is 1.98. The van der Waals surface area contributed by atoms with Gasteiger partial charge in [0.25, 0.3) is 0 Å². The van der Waals surface area contributed by atoms with Crippen molar-refractivity contribution in [3.05, 3.63) is 59.2 Å². The summed E-state index contributed by atoms with van der Waals surface area (Å²) < 4.78 is 70.5. The fraction of sp³-hybridized carbons (Fsp3) is 0.333. The molecule has 27 heavy (non-hydrogen) atoms.